The number of carbonyl (C=O) groups excluding carboxylic acids is 1. The summed E-state index contributed by atoms with van der Waals surface area (Å²) >= 11 is 1.53. The summed E-state index contributed by atoms with van der Waals surface area (Å²) in [5.74, 6) is -0.193. The number of thiophene rings is 1. The summed E-state index contributed by atoms with van der Waals surface area (Å²) in [7, 11) is 0. The zero-order valence-electron chi connectivity index (χ0n) is 15.0. The van der Waals surface area contributed by atoms with Crippen molar-refractivity contribution in [2.45, 2.75) is 39.2 Å². The van der Waals surface area contributed by atoms with Gasteiger partial charge in [-0.15, -0.1) is 16.4 Å². The van der Waals surface area contributed by atoms with Gasteiger partial charge in [0.05, 0.1) is 5.39 Å². The Morgan fingerprint density at radius 1 is 1.37 bits per heavy atom. The number of nitrogens with zero attached hydrogens (tertiary/aromatic N) is 3. The number of anilines is 1. The number of aryl methyl sites for hydroxylation is 1. The number of hydrogen-bond donors (Lipinski definition) is 1. The first-order valence-corrected chi connectivity index (χ1v) is 9.72. The fraction of sp³-hybridized carbons (Fsp3) is 0.368. The molecule has 1 aromatic carbocycles. The highest BCUT2D eigenvalue weighted by Gasteiger charge is 2.26. The zero-order chi connectivity index (χ0) is 19.1. The average molecular weight is 386 g/mol. The minimum Gasteiger partial charge on any atom is -0.324 e. The Bertz CT molecular complexity index is 1070. The van der Waals surface area contributed by atoms with Crippen LogP contribution in [0.25, 0.3) is 10.2 Å². The van der Waals surface area contributed by atoms with Gasteiger partial charge in [-0.25, -0.2) is 4.39 Å². The van der Waals surface area contributed by atoms with Gasteiger partial charge < -0.3 is 5.32 Å². The third-order valence-corrected chi connectivity index (χ3v) is 6.14. The molecule has 0 saturated heterocycles. The predicted octanol–water partition coefficient (Wildman–Crippen LogP) is 3.32. The molecule has 0 spiro atoms. The summed E-state index contributed by atoms with van der Waals surface area (Å²) in [5.41, 5.74) is 1.24. The van der Waals surface area contributed by atoms with Crippen LogP contribution >= 0.6 is 11.3 Å². The average Bonchev–Trinajstić information content (AvgIpc) is 3.01. The lowest BCUT2D eigenvalue weighted by atomic mass is 9.89. The summed E-state index contributed by atoms with van der Waals surface area (Å²) < 4.78 is 14.1. The molecule has 3 aromatic rings. The molecule has 8 heteroatoms. The minimum atomic E-state index is -0.836. The molecule has 0 aliphatic heterocycles. The number of amides is 1. The second-order valence-electron chi connectivity index (χ2n) is 7.04. The first kappa shape index (κ1) is 17.8. The van der Waals surface area contributed by atoms with E-state index in [0.717, 1.165) is 29.5 Å². The minimum absolute atomic E-state index is 0.284. The van der Waals surface area contributed by atoms with Crippen molar-refractivity contribution >= 4 is 33.1 Å². The SMILES string of the molecule is C[C@@H]1CCc2c(sc3nnn([C@@H](C)C(=O)Nc4ccc(F)cc4)c(=O)c23)C1. The third kappa shape index (κ3) is 3.25. The zero-order valence-corrected chi connectivity index (χ0v) is 15.8. The van der Waals surface area contributed by atoms with Crippen LogP contribution in [0.3, 0.4) is 0 Å². The summed E-state index contributed by atoms with van der Waals surface area (Å²) in [6, 6.07) is 4.62. The number of rotatable bonds is 3. The molecule has 2 atom stereocenters. The summed E-state index contributed by atoms with van der Waals surface area (Å²) in [5, 5.41) is 11.5. The fourth-order valence-electron chi connectivity index (χ4n) is 3.42. The van der Waals surface area contributed by atoms with Crippen LogP contribution < -0.4 is 10.9 Å². The van der Waals surface area contributed by atoms with E-state index in [1.165, 1.54) is 40.5 Å². The Labute approximate surface area is 159 Å². The van der Waals surface area contributed by atoms with Crippen LogP contribution in [-0.2, 0) is 17.6 Å². The molecule has 2 heterocycles. The molecular formula is C19H19FN4O2S. The van der Waals surface area contributed by atoms with E-state index < -0.39 is 11.9 Å². The monoisotopic (exact) mass is 386 g/mol. The molecule has 0 fully saturated rings. The fourth-order valence-corrected chi connectivity index (χ4v) is 4.73. The maximum absolute atomic E-state index is 13.0. The summed E-state index contributed by atoms with van der Waals surface area (Å²) in [6.45, 7) is 3.81. The normalized spacial score (nSPS) is 17.5. The molecular weight excluding hydrogens is 367 g/mol. The number of benzene rings is 1. The molecule has 1 N–H and O–H groups in total. The van der Waals surface area contributed by atoms with Gasteiger partial charge in [-0.1, -0.05) is 12.1 Å². The molecule has 140 valence electrons. The maximum atomic E-state index is 13.0. The van der Waals surface area contributed by atoms with Crippen molar-refractivity contribution < 1.29 is 9.18 Å². The van der Waals surface area contributed by atoms with E-state index in [-0.39, 0.29) is 11.4 Å². The van der Waals surface area contributed by atoms with E-state index in [1.54, 1.807) is 6.92 Å². The van der Waals surface area contributed by atoms with Crippen LogP contribution in [0.4, 0.5) is 10.1 Å². The Morgan fingerprint density at radius 3 is 2.85 bits per heavy atom. The first-order chi connectivity index (χ1) is 12.9. The van der Waals surface area contributed by atoms with Crippen molar-refractivity contribution in [2.24, 2.45) is 5.92 Å². The number of nitrogens with one attached hydrogen (secondary N) is 1. The van der Waals surface area contributed by atoms with Gasteiger partial charge in [0.1, 0.15) is 11.9 Å². The van der Waals surface area contributed by atoms with E-state index in [2.05, 4.69) is 22.6 Å². The lowest BCUT2D eigenvalue weighted by Crippen LogP contribution is -2.34. The standard InChI is InChI=1S/C19H19FN4O2S/c1-10-3-8-14-15(9-10)27-18-16(14)19(26)24(23-22-18)11(2)17(25)21-13-6-4-12(20)5-7-13/h4-7,10-11H,3,8-9H2,1-2H3,(H,21,25)/t10-,11+/m1/s1. The highest BCUT2D eigenvalue weighted by atomic mass is 32.1. The van der Waals surface area contributed by atoms with Crippen LogP contribution in [0.2, 0.25) is 0 Å². The summed E-state index contributed by atoms with van der Waals surface area (Å²) in [6.07, 6.45) is 2.85. The highest BCUT2D eigenvalue weighted by Crippen LogP contribution is 2.35. The smallest absolute Gasteiger partial charge is 0.279 e. The van der Waals surface area contributed by atoms with Gasteiger partial charge in [0.2, 0.25) is 5.91 Å². The Balaban J connectivity index is 1.66. The predicted molar refractivity (Wildman–Crippen MR) is 103 cm³/mol. The van der Waals surface area contributed by atoms with Gasteiger partial charge >= 0.3 is 0 Å². The van der Waals surface area contributed by atoms with Gasteiger partial charge in [0.25, 0.3) is 5.56 Å². The number of hydrogen-bond acceptors (Lipinski definition) is 5. The molecule has 0 saturated carbocycles. The third-order valence-electron chi connectivity index (χ3n) is 5.01. The highest BCUT2D eigenvalue weighted by molar-refractivity contribution is 7.18. The molecule has 0 unspecified atom stereocenters. The molecule has 2 aromatic heterocycles. The van der Waals surface area contributed by atoms with Crippen LogP contribution in [-0.4, -0.2) is 20.9 Å². The second kappa shape index (κ2) is 6.84. The van der Waals surface area contributed by atoms with Crippen LogP contribution in [0.5, 0.6) is 0 Å². The molecule has 4 rings (SSSR count). The molecule has 1 amide bonds. The van der Waals surface area contributed by atoms with Gasteiger partial charge in [-0.3, -0.25) is 9.59 Å². The Kier molecular flexibility index (Phi) is 4.51. The van der Waals surface area contributed by atoms with Gasteiger partial charge in [-0.05, 0) is 61.9 Å². The van der Waals surface area contributed by atoms with Crippen LogP contribution in [0, 0.1) is 11.7 Å². The van der Waals surface area contributed by atoms with Crippen molar-refractivity contribution in [2.75, 3.05) is 5.32 Å². The lowest BCUT2D eigenvalue weighted by molar-refractivity contribution is -0.119. The quantitative estimate of drug-likeness (QED) is 0.749. The number of carbonyl (C=O) groups is 1. The van der Waals surface area contributed by atoms with Crippen LogP contribution in [0.1, 0.15) is 36.8 Å². The van der Waals surface area contributed by atoms with Crippen molar-refractivity contribution in [3.8, 4) is 0 Å². The molecule has 0 bridgehead atoms. The van der Waals surface area contributed by atoms with Gasteiger partial charge in [0.15, 0.2) is 4.83 Å². The van der Waals surface area contributed by atoms with Crippen molar-refractivity contribution in [1.29, 1.82) is 0 Å². The number of fused-ring (bicyclic) bond motifs is 3. The molecule has 1 aliphatic rings. The van der Waals surface area contributed by atoms with E-state index in [4.69, 9.17) is 0 Å². The molecule has 6 nitrogen and oxygen atoms in total. The van der Waals surface area contributed by atoms with Crippen LogP contribution in [0.15, 0.2) is 29.1 Å². The molecule has 27 heavy (non-hydrogen) atoms. The van der Waals surface area contributed by atoms with Gasteiger partial charge in [0, 0.05) is 10.6 Å². The van der Waals surface area contributed by atoms with E-state index in [0.29, 0.717) is 21.8 Å². The number of aromatic nitrogens is 3. The van der Waals surface area contributed by atoms with Crippen molar-refractivity contribution in [1.82, 2.24) is 15.0 Å². The molecule has 0 radical (unpaired) electrons. The van der Waals surface area contributed by atoms with E-state index >= 15 is 0 Å². The summed E-state index contributed by atoms with van der Waals surface area (Å²) in [4.78, 5) is 27.4. The topological polar surface area (TPSA) is 76.9 Å². The maximum Gasteiger partial charge on any atom is 0.279 e. The Hall–Kier alpha value is -2.61. The second-order valence-corrected chi connectivity index (χ2v) is 8.13. The van der Waals surface area contributed by atoms with E-state index in [1.807, 2.05) is 0 Å². The van der Waals surface area contributed by atoms with Crippen molar-refractivity contribution in [3.05, 3.63) is 50.9 Å². The van der Waals surface area contributed by atoms with Gasteiger partial charge in [-0.2, -0.15) is 4.68 Å². The molecule has 1 aliphatic carbocycles. The number of halogens is 1. The first-order valence-electron chi connectivity index (χ1n) is 8.90. The van der Waals surface area contributed by atoms with E-state index in [9.17, 15) is 14.0 Å². The van der Waals surface area contributed by atoms with Crippen molar-refractivity contribution in [3.63, 3.8) is 0 Å². The lowest BCUT2D eigenvalue weighted by Gasteiger charge is -2.17. The Morgan fingerprint density at radius 2 is 2.11 bits per heavy atom. The largest absolute Gasteiger partial charge is 0.324 e.